The largest absolute Gasteiger partial charge is 0.430 e. The first-order chi connectivity index (χ1) is 6.68. The first-order valence-electron chi connectivity index (χ1n) is 4.82. The smallest absolute Gasteiger partial charge is 0.314 e. The van der Waals surface area contributed by atoms with Crippen molar-refractivity contribution in [2.75, 3.05) is 0 Å². The fourth-order valence-electron chi connectivity index (χ4n) is 1.40. The van der Waals surface area contributed by atoms with Gasteiger partial charge in [-0.25, -0.2) is 0 Å². The molecular formula is C10H11BrO3. The highest BCUT2D eigenvalue weighted by atomic mass is 79.9. The Kier molecular flexibility index (Phi) is 2.72. The highest BCUT2D eigenvalue weighted by molar-refractivity contribution is 9.12. The molecule has 0 aromatic rings. The summed E-state index contributed by atoms with van der Waals surface area (Å²) in [6.07, 6.45) is 3.87. The van der Waals surface area contributed by atoms with Crippen LogP contribution in [0, 0.1) is 5.92 Å². The second-order valence-electron chi connectivity index (χ2n) is 3.71. The molecule has 0 heterocycles. The van der Waals surface area contributed by atoms with Crippen LogP contribution in [0.25, 0.3) is 0 Å². The van der Waals surface area contributed by atoms with Gasteiger partial charge in [-0.3, -0.25) is 9.59 Å². The molecule has 0 aromatic heterocycles. The van der Waals surface area contributed by atoms with Crippen LogP contribution in [0.5, 0.6) is 0 Å². The molecule has 3 nitrogen and oxygen atoms in total. The normalized spacial score (nSPS) is 22.5. The Hall–Kier alpha value is -0.640. The van der Waals surface area contributed by atoms with E-state index in [0.717, 1.165) is 19.3 Å². The average molecular weight is 259 g/mol. The summed E-state index contributed by atoms with van der Waals surface area (Å²) in [5.74, 6) is 0.472. The number of halogens is 1. The van der Waals surface area contributed by atoms with E-state index >= 15 is 0 Å². The van der Waals surface area contributed by atoms with Crippen molar-refractivity contribution in [1.29, 1.82) is 0 Å². The predicted octanol–water partition coefficient (Wildman–Crippen LogP) is 2.30. The summed E-state index contributed by atoms with van der Waals surface area (Å²) in [4.78, 5) is 22.6. The Balaban J connectivity index is 2.04. The fraction of sp³-hybridized carbons (Fsp3) is 0.600. The molecule has 0 spiro atoms. The van der Waals surface area contributed by atoms with E-state index in [1.807, 2.05) is 0 Å². The molecule has 2 aliphatic rings. The summed E-state index contributed by atoms with van der Waals surface area (Å²) in [7, 11) is 0. The van der Waals surface area contributed by atoms with E-state index in [2.05, 4.69) is 15.9 Å². The molecule has 14 heavy (non-hydrogen) atoms. The van der Waals surface area contributed by atoms with Gasteiger partial charge in [-0.15, -0.1) is 0 Å². The zero-order valence-corrected chi connectivity index (χ0v) is 9.30. The van der Waals surface area contributed by atoms with Crippen molar-refractivity contribution in [2.45, 2.75) is 32.1 Å². The number of hydrogen-bond acceptors (Lipinski definition) is 3. The summed E-state index contributed by atoms with van der Waals surface area (Å²) in [5, 5.41) is 0. The van der Waals surface area contributed by atoms with Gasteiger partial charge >= 0.3 is 5.97 Å². The van der Waals surface area contributed by atoms with Crippen LogP contribution in [0.3, 0.4) is 0 Å². The van der Waals surface area contributed by atoms with Gasteiger partial charge < -0.3 is 4.74 Å². The Morgan fingerprint density at radius 1 is 1.36 bits per heavy atom. The summed E-state index contributed by atoms with van der Waals surface area (Å²) < 4.78 is 5.63. The van der Waals surface area contributed by atoms with Gasteiger partial charge in [0, 0.05) is 12.8 Å². The molecule has 0 N–H and O–H groups in total. The van der Waals surface area contributed by atoms with E-state index in [-0.39, 0.29) is 17.7 Å². The van der Waals surface area contributed by atoms with Gasteiger partial charge in [-0.2, -0.15) is 0 Å². The van der Waals surface area contributed by atoms with Gasteiger partial charge in [-0.1, -0.05) is 0 Å². The fourth-order valence-corrected chi connectivity index (χ4v) is 1.88. The summed E-state index contributed by atoms with van der Waals surface area (Å²) in [6, 6.07) is 0. The molecule has 0 saturated heterocycles. The van der Waals surface area contributed by atoms with Crippen molar-refractivity contribution < 1.29 is 14.3 Å². The zero-order chi connectivity index (χ0) is 10.1. The highest BCUT2D eigenvalue weighted by Gasteiger charge is 2.33. The van der Waals surface area contributed by atoms with Crippen LogP contribution in [0.4, 0.5) is 0 Å². The van der Waals surface area contributed by atoms with Crippen LogP contribution in [0.1, 0.15) is 32.1 Å². The minimum Gasteiger partial charge on any atom is -0.430 e. The molecule has 1 saturated carbocycles. The lowest BCUT2D eigenvalue weighted by Crippen LogP contribution is -2.14. The molecule has 1 fully saturated rings. The maximum atomic E-state index is 11.3. The first-order valence-corrected chi connectivity index (χ1v) is 5.61. The van der Waals surface area contributed by atoms with Gasteiger partial charge in [0.15, 0.2) is 5.78 Å². The van der Waals surface area contributed by atoms with E-state index in [4.69, 9.17) is 4.74 Å². The maximum absolute atomic E-state index is 11.3. The summed E-state index contributed by atoms with van der Waals surface area (Å²) in [5.41, 5.74) is 0. The topological polar surface area (TPSA) is 43.4 Å². The SMILES string of the molecule is O=C1CCCC(OC(=O)C2CC2)=C1Br. The highest BCUT2D eigenvalue weighted by Crippen LogP contribution is 2.33. The lowest BCUT2D eigenvalue weighted by Gasteiger charge is -2.14. The molecule has 0 aliphatic heterocycles. The molecule has 0 atom stereocenters. The third-order valence-electron chi connectivity index (χ3n) is 2.43. The van der Waals surface area contributed by atoms with Crippen molar-refractivity contribution >= 4 is 27.7 Å². The van der Waals surface area contributed by atoms with Gasteiger partial charge in [0.1, 0.15) is 5.76 Å². The molecule has 76 valence electrons. The minimum atomic E-state index is -0.174. The second-order valence-corrected chi connectivity index (χ2v) is 4.50. The van der Waals surface area contributed by atoms with Crippen LogP contribution >= 0.6 is 15.9 Å². The maximum Gasteiger partial charge on any atom is 0.314 e. The van der Waals surface area contributed by atoms with Crippen LogP contribution in [0.2, 0.25) is 0 Å². The number of allylic oxidation sites excluding steroid dienone is 2. The van der Waals surface area contributed by atoms with Gasteiger partial charge in [-0.05, 0) is 35.2 Å². The number of carbonyl (C=O) groups excluding carboxylic acids is 2. The molecule has 0 amide bonds. The molecule has 0 radical (unpaired) electrons. The lowest BCUT2D eigenvalue weighted by atomic mass is 10.1. The van der Waals surface area contributed by atoms with Gasteiger partial charge in [0.2, 0.25) is 0 Å². The van der Waals surface area contributed by atoms with E-state index in [1.54, 1.807) is 0 Å². The van der Waals surface area contributed by atoms with Gasteiger partial charge in [0.05, 0.1) is 10.4 Å². The minimum absolute atomic E-state index is 0.0369. The van der Waals surface area contributed by atoms with Crippen molar-refractivity contribution in [3.05, 3.63) is 10.2 Å². The number of rotatable bonds is 2. The average Bonchev–Trinajstić information content (AvgIpc) is 2.95. The number of ketones is 1. The Morgan fingerprint density at radius 3 is 2.71 bits per heavy atom. The van der Waals surface area contributed by atoms with Crippen molar-refractivity contribution in [3.63, 3.8) is 0 Å². The number of esters is 1. The van der Waals surface area contributed by atoms with Crippen LogP contribution < -0.4 is 0 Å². The van der Waals surface area contributed by atoms with E-state index < -0.39 is 0 Å². The van der Waals surface area contributed by atoms with Crippen LogP contribution in [-0.2, 0) is 14.3 Å². The third kappa shape index (κ3) is 2.05. The van der Waals surface area contributed by atoms with Crippen LogP contribution in [0.15, 0.2) is 10.2 Å². The zero-order valence-electron chi connectivity index (χ0n) is 7.72. The van der Waals surface area contributed by atoms with Crippen molar-refractivity contribution in [1.82, 2.24) is 0 Å². The Bertz CT molecular complexity index is 315. The van der Waals surface area contributed by atoms with Crippen molar-refractivity contribution in [3.8, 4) is 0 Å². The van der Waals surface area contributed by atoms with Gasteiger partial charge in [0.25, 0.3) is 0 Å². The van der Waals surface area contributed by atoms with E-state index in [9.17, 15) is 9.59 Å². The number of Topliss-reactive ketones (excluding diaryl/α,β-unsaturated/α-hetero) is 1. The number of hydrogen-bond donors (Lipinski definition) is 0. The predicted molar refractivity (Wildman–Crippen MR) is 53.6 cm³/mol. The number of ether oxygens (including phenoxy) is 1. The monoisotopic (exact) mass is 258 g/mol. The Labute approximate surface area is 90.6 Å². The molecule has 2 rings (SSSR count). The first kappa shape index (κ1) is 9.90. The lowest BCUT2D eigenvalue weighted by molar-refractivity contribution is -0.141. The van der Waals surface area contributed by atoms with E-state index in [0.29, 0.717) is 23.1 Å². The number of carbonyl (C=O) groups is 2. The third-order valence-corrected chi connectivity index (χ3v) is 3.32. The molecular weight excluding hydrogens is 248 g/mol. The molecule has 2 aliphatic carbocycles. The van der Waals surface area contributed by atoms with Crippen molar-refractivity contribution in [2.24, 2.45) is 5.92 Å². The second kappa shape index (κ2) is 3.85. The molecule has 0 aromatic carbocycles. The van der Waals surface area contributed by atoms with Crippen LogP contribution in [-0.4, -0.2) is 11.8 Å². The van der Waals surface area contributed by atoms with E-state index in [1.165, 1.54) is 0 Å². The summed E-state index contributed by atoms with van der Waals surface area (Å²) in [6.45, 7) is 0. The molecule has 0 unspecified atom stereocenters. The summed E-state index contributed by atoms with van der Waals surface area (Å²) >= 11 is 3.17. The quantitative estimate of drug-likeness (QED) is 0.714. The Morgan fingerprint density at radius 2 is 2.07 bits per heavy atom. The molecule has 0 bridgehead atoms. The standard InChI is InChI=1S/C10H11BrO3/c11-9-7(12)2-1-3-8(9)14-10(13)6-4-5-6/h6H,1-5H2. The molecule has 4 heteroatoms.